The molecule has 4 nitrogen and oxygen atoms in total. The summed E-state index contributed by atoms with van der Waals surface area (Å²) in [5.74, 6) is 0.132. The highest BCUT2D eigenvalue weighted by molar-refractivity contribution is 5.66. The van der Waals surface area contributed by atoms with Gasteiger partial charge in [-0.25, -0.2) is 0 Å². The average Bonchev–Trinajstić information content (AvgIpc) is 3.34. The Hall–Kier alpha value is -2.17. The standard InChI is InChI=1S/C23H26O4/c1-17(24)27-21-12-22(26-15-19-10-6-3-7-11-19)23(13-20(21)23)16-25-14-18-8-4-2-5-9-18/h2-11,20-22H,12-16H2,1H3/t20-,21-,22+,23-/m1/s1. The Morgan fingerprint density at radius 3 is 2.26 bits per heavy atom. The Labute approximate surface area is 160 Å². The normalized spacial score (nSPS) is 28.6. The van der Waals surface area contributed by atoms with Crippen molar-refractivity contribution >= 4 is 5.97 Å². The first-order valence-corrected chi connectivity index (χ1v) is 9.62. The Kier molecular flexibility index (Phi) is 5.28. The van der Waals surface area contributed by atoms with Gasteiger partial charge in [0, 0.05) is 24.7 Å². The zero-order chi connectivity index (χ0) is 18.7. The van der Waals surface area contributed by atoms with Gasteiger partial charge in [-0.2, -0.15) is 0 Å². The van der Waals surface area contributed by atoms with Gasteiger partial charge < -0.3 is 14.2 Å². The largest absolute Gasteiger partial charge is 0.462 e. The van der Waals surface area contributed by atoms with Gasteiger partial charge in [0.15, 0.2) is 0 Å². The third-order valence-corrected chi connectivity index (χ3v) is 5.81. The van der Waals surface area contributed by atoms with E-state index < -0.39 is 0 Å². The first-order valence-electron chi connectivity index (χ1n) is 9.62. The van der Waals surface area contributed by atoms with E-state index >= 15 is 0 Å². The van der Waals surface area contributed by atoms with Crippen LogP contribution in [0.5, 0.6) is 0 Å². The minimum Gasteiger partial charge on any atom is -0.462 e. The molecule has 0 N–H and O–H groups in total. The lowest BCUT2D eigenvalue weighted by Gasteiger charge is -2.24. The van der Waals surface area contributed by atoms with E-state index in [2.05, 4.69) is 24.3 Å². The van der Waals surface area contributed by atoms with Gasteiger partial charge >= 0.3 is 5.97 Å². The number of hydrogen-bond donors (Lipinski definition) is 0. The highest BCUT2D eigenvalue weighted by Gasteiger charge is 2.69. The zero-order valence-corrected chi connectivity index (χ0v) is 15.7. The minimum absolute atomic E-state index is 0.0241. The van der Waals surface area contributed by atoms with Crippen LogP contribution in [0.25, 0.3) is 0 Å². The number of benzene rings is 2. The molecular formula is C23H26O4. The SMILES string of the molecule is CC(=O)O[C@@H]1C[C@H](OCc2ccccc2)[C@@]2(COCc3ccccc3)C[C@H]12. The molecule has 4 rings (SSSR count). The van der Waals surface area contributed by atoms with E-state index in [4.69, 9.17) is 14.2 Å². The van der Waals surface area contributed by atoms with Gasteiger partial charge in [0.05, 0.1) is 25.9 Å². The van der Waals surface area contributed by atoms with Crippen LogP contribution in [0.3, 0.4) is 0 Å². The maximum Gasteiger partial charge on any atom is 0.302 e. The molecule has 0 aromatic heterocycles. The van der Waals surface area contributed by atoms with E-state index in [0.717, 1.165) is 18.4 Å². The third-order valence-electron chi connectivity index (χ3n) is 5.81. The molecule has 2 fully saturated rings. The van der Waals surface area contributed by atoms with E-state index in [1.807, 2.05) is 36.4 Å². The Morgan fingerprint density at radius 2 is 1.63 bits per heavy atom. The smallest absolute Gasteiger partial charge is 0.302 e. The molecule has 2 aromatic carbocycles. The highest BCUT2D eigenvalue weighted by Crippen LogP contribution is 2.65. The van der Waals surface area contributed by atoms with Crippen LogP contribution in [-0.4, -0.2) is 24.8 Å². The Morgan fingerprint density at radius 1 is 1.00 bits per heavy atom. The molecule has 0 unspecified atom stereocenters. The number of carbonyl (C=O) groups excluding carboxylic acids is 1. The third kappa shape index (κ3) is 4.07. The number of esters is 1. The summed E-state index contributed by atoms with van der Waals surface area (Å²) in [4.78, 5) is 11.5. The fourth-order valence-electron chi connectivity index (χ4n) is 4.37. The predicted octanol–water partition coefficient (Wildman–Crippen LogP) is 4.13. The van der Waals surface area contributed by atoms with E-state index in [9.17, 15) is 4.79 Å². The van der Waals surface area contributed by atoms with Crippen molar-refractivity contribution in [2.45, 2.75) is 45.2 Å². The van der Waals surface area contributed by atoms with Crippen molar-refractivity contribution in [2.24, 2.45) is 11.3 Å². The quantitative estimate of drug-likeness (QED) is 0.659. The van der Waals surface area contributed by atoms with Crippen molar-refractivity contribution in [1.82, 2.24) is 0 Å². The molecule has 2 aliphatic carbocycles. The average molecular weight is 366 g/mol. The molecule has 0 heterocycles. The number of fused-ring (bicyclic) bond motifs is 1. The molecule has 142 valence electrons. The van der Waals surface area contributed by atoms with Crippen LogP contribution < -0.4 is 0 Å². The molecule has 0 spiro atoms. The molecule has 2 aromatic rings. The molecule has 0 amide bonds. The van der Waals surface area contributed by atoms with Gasteiger partial charge in [-0.05, 0) is 17.5 Å². The molecule has 0 saturated heterocycles. The van der Waals surface area contributed by atoms with Gasteiger partial charge in [0.2, 0.25) is 0 Å². The molecule has 2 saturated carbocycles. The lowest BCUT2D eigenvalue weighted by atomic mass is 10.0. The summed E-state index contributed by atoms with van der Waals surface area (Å²) in [5.41, 5.74) is 2.30. The Balaban J connectivity index is 1.39. The molecule has 27 heavy (non-hydrogen) atoms. The van der Waals surface area contributed by atoms with Crippen LogP contribution in [0.15, 0.2) is 60.7 Å². The van der Waals surface area contributed by atoms with Gasteiger partial charge in [0.1, 0.15) is 6.10 Å². The molecule has 4 heteroatoms. The van der Waals surface area contributed by atoms with Crippen LogP contribution in [0.1, 0.15) is 30.9 Å². The van der Waals surface area contributed by atoms with Crippen LogP contribution in [-0.2, 0) is 32.2 Å². The van der Waals surface area contributed by atoms with E-state index in [1.54, 1.807) is 0 Å². The van der Waals surface area contributed by atoms with Crippen LogP contribution in [0.4, 0.5) is 0 Å². The topological polar surface area (TPSA) is 44.8 Å². The fraction of sp³-hybridized carbons (Fsp3) is 0.435. The monoisotopic (exact) mass is 366 g/mol. The maximum atomic E-state index is 11.5. The maximum absolute atomic E-state index is 11.5. The number of rotatable bonds is 8. The Bertz CT molecular complexity index is 760. The lowest BCUT2D eigenvalue weighted by Crippen LogP contribution is -2.28. The van der Waals surface area contributed by atoms with Crippen LogP contribution in [0.2, 0.25) is 0 Å². The van der Waals surface area contributed by atoms with E-state index in [-0.39, 0.29) is 23.6 Å². The van der Waals surface area contributed by atoms with Crippen LogP contribution >= 0.6 is 0 Å². The predicted molar refractivity (Wildman–Crippen MR) is 102 cm³/mol. The summed E-state index contributed by atoms with van der Waals surface area (Å²) < 4.78 is 17.9. The van der Waals surface area contributed by atoms with Crippen molar-refractivity contribution in [1.29, 1.82) is 0 Å². The second-order valence-electron chi connectivity index (χ2n) is 7.69. The zero-order valence-electron chi connectivity index (χ0n) is 15.7. The highest BCUT2D eigenvalue weighted by atomic mass is 16.6. The van der Waals surface area contributed by atoms with E-state index in [1.165, 1.54) is 12.5 Å². The molecule has 0 radical (unpaired) electrons. The van der Waals surface area contributed by atoms with Crippen molar-refractivity contribution in [3.8, 4) is 0 Å². The summed E-state index contributed by atoms with van der Waals surface area (Å²) >= 11 is 0. The molecule has 4 atom stereocenters. The second kappa shape index (κ2) is 7.83. The lowest BCUT2D eigenvalue weighted by molar-refractivity contribution is -0.147. The van der Waals surface area contributed by atoms with Gasteiger partial charge in [0.25, 0.3) is 0 Å². The van der Waals surface area contributed by atoms with Gasteiger partial charge in [-0.15, -0.1) is 0 Å². The molecule has 2 aliphatic rings. The summed E-state index contributed by atoms with van der Waals surface area (Å²) in [6, 6.07) is 20.4. The first-order chi connectivity index (χ1) is 13.2. The van der Waals surface area contributed by atoms with Crippen molar-refractivity contribution in [3.63, 3.8) is 0 Å². The van der Waals surface area contributed by atoms with Crippen molar-refractivity contribution in [2.75, 3.05) is 6.61 Å². The fourth-order valence-corrected chi connectivity index (χ4v) is 4.37. The van der Waals surface area contributed by atoms with Gasteiger partial charge in [-0.3, -0.25) is 4.79 Å². The number of hydrogen-bond acceptors (Lipinski definition) is 4. The summed E-state index contributed by atoms with van der Waals surface area (Å²) in [6.07, 6.45) is 1.76. The number of carbonyl (C=O) groups is 1. The van der Waals surface area contributed by atoms with Crippen LogP contribution in [0, 0.1) is 11.3 Å². The molecular weight excluding hydrogens is 340 g/mol. The number of ether oxygens (including phenoxy) is 3. The first kappa shape index (κ1) is 18.2. The summed E-state index contributed by atoms with van der Waals surface area (Å²) in [5, 5.41) is 0. The second-order valence-corrected chi connectivity index (χ2v) is 7.69. The minimum atomic E-state index is -0.213. The summed E-state index contributed by atoms with van der Waals surface area (Å²) in [7, 11) is 0. The van der Waals surface area contributed by atoms with Crippen molar-refractivity contribution < 1.29 is 19.0 Å². The van der Waals surface area contributed by atoms with E-state index in [0.29, 0.717) is 25.7 Å². The van der Waals surface area contributed by atoms with Gasteiger partial charge in [-0.1, -0.05) is 60.7 Å². The van der Waals surface area contributed by atoms with Crippen molar-refractivity contribution in [3.05, 3.63) is 71.8 Å². The summed E-state index contributed by atoms with van der Waals surface area (Å²) in [6.45, 7) is 3.29. The molecule has 0 aliphatic heterocycles. The molecule has 0 bridgehead atoms.